The second-order valence-electron chi connectivity index (χ2n) is 2.64. The minimum atomic E-state index is -3.48. The van der Waals surface area contributed by atoms with Crippen LogP contribution < -0.4 is 0 Å². The topological polar surface area (TPSA) is 36.9 Å². The monoisotopic (exact) mass is 282 g/mol. The molecule has 0 aromatic rings. The van der Waals surface area contributed by atoms with Crippen LogP contribution in [0.2, 0.25) is 0 Å². The summed E-state index contributed by atoms with van der Waals surface area (Å²) >= 11 is 15.2. The fraction of sp³-hybridized carbons (Fsp3) is 1.00. The number of hydrogen-bond donors (Lipinski definition) is 0. The number of halogens is 3. The summed E-state index contributed by atoms with van der Waals surface area (Å²) in [5.74, 6) is 0. The maximum Gasteiger partial charge on any atom is 0.730 e. The maximum absolute atomic E-state index is 5.10. The van der Waals surface area contributed by atoms with Crippen LogP contribution >= 0.6 is 35.6 Å². The summed E-state index contributed by atoms with van der Waals surface area (Å²) in [5, 5.41) is 0. The molecule has 14 heavy (non-hydrogen) atoms. The van der Waals surface area contributed by atoms with Crippen LogP contribution in [-0.2, 0) is 16.4 Å². The largest absolute Gasteiger partial charge is 0.730 e. The zero-order chi connectivity index (χ0) is 10.9. The lowest BCUT2D eigenvalue weighted by atomic mass is 10.2. The van der Waals surface area contributed by atoms with E-state index < -0.39 is 9.05 Å². The molecular formula is C6H13Cl3O4Si. The SMILES string of the molecule is CCCCCCO[Si](OCl)(OCl)OCl. The second-order valence-corrected chi connectivity index (χ2v) is 5.78. The Morgan fingerprint density at radius 2 is 1.50 bits per heavy atom. The average molecular weight is 284 g/mol. The van der Waals surface area contributed by atoms with E-state index in [1.165, 1.54) is 0 Å². The molecule has 0 unspecified atom stereocenters. The molecule has 0 saturated heterocycles. The fourth-order valence-electron chi connectivity index (χ4n) is 0.829. The van der Waals surface area contributed by atoms with Crippen molar-refractivity contribution in [2.45, 2.75) is 32.6 Å². The van der Waals surface area contributed by atoms with E-state index in [-0.39, 0.29) is 0 Å². The fourth-order valence-corrected chi connectivity index (χ4v) is 2.69. The molecule has 86 valence electrons. The maximum atomic E-state index is 5.10. The molecule has 0 atom stereocenters. The molecule has 0 radical (unpaired) electrons. The Bertz CT molecular complexity index is 128. The third-order valence-corrected chi connectivity index (χ3v) is 4.39. The highest BCUT2D eigenvalue weighted by molar-refractivity contribution is 6.65. The molecule has 0 spiro atoms. The summed E-state index contributed by atoms with van der Waals surface area (Å²) in [4.78, 5) is 0. The number of rotatable bonds is 9. The summed E-state index contributed by atoms with van der Waals surface area (Å²) in [6.45, 7) is 2.50. The highest BCUT2D eigenvalue weighted by Crippen LogP contribution is 2.18. The molecule has 0 aromatic carbocycles. The van der Waals surface area contributed by atoms with E-state index >= 15 is 0 Å². The molecular weight excluding hydrogens is 271 g/mol. The normalized spacial score (nSPS) is 12.0. The number of hydrogen-bond acceptors (Lipinski definition) is 4. The van der Waals surface area contributed by atoms with Crippen LogP contribution in [0, 0.1) is 0 Å². The van der Waals surface area contributed by atoms with E-state index in [0.717, 1.165) is 25.7 Å². The molecule has 4 nitrogen and oxygen atoms in total. The van der Waals surface area contributed by atoms with Crippen LogP contribution in [0.25, 0.3) is 0 Å². The molecule has 0 aliphatic heterocycles. The molecule has 0 amide bonds. The Balaban J connectivity index is 3.61. The Hall–Kier alpha value is 0.927. The first-order valence-electron chi connectivity index (χ1n) is 4.28. The Kier molecular flexibility index (Phi) is 9.78. The van der Waals surface area contributed by atoms with Crippen molar-refractivity contribution in [3.8, 4) is 0 Å². The Morgan fingerprint density at radius 3 is 1.93 bits per heavy atom. The summed E-state index contributed by atoms with van der Waals surface area (Å²) in [6.07, 6.45) is 4.19. The van der Waals surface area contributed by atoms with Crippen LogP contribution in [0.5, 0.6) is 0 Å². The summed E-state index contributed by atoms with van der Waals surface area (Å²) in [5.41, 5.74) is 0. The van der Waals surface area contributed by atoms with Crippen LogP contribution in [0.3, 0.4) is 0 Å². The predicted octanol–water partition coefficient (Wildman–Crippen LogP) is 3.53. The lowest BCUT2D eigenvalue weighted by molar-refractivity contribution is 0.102. The van der Waals surface area contributed by atoms with E-state index in [0.29, 0.717) is 6.61 Å². The van der Waals surface area contributed by atoms with Crippen molar-refractivity contribution in [1.82, 2.24) is 0 Å². The average Bonchev–Trinajstić information content (AvgIpc) is 2.24. The zero-order valence-corrected chi connectivity index (χ0v) is 11.1. The molecule has 0 rings (SSSR count). The van der Waals surface area contributed by atoms with E-state index in [1.54, 1.807) is 0 Å². The van der Waals surface area contributed by atoms with Gasteiger partial charge in [0.2, 0.25) is 0 Å². The summed E-state index contributed by atoms with van der Waals surface area (Å²) in [6, 6.07) is 0. The standard InChI is InChI=1S/C6H13Cl3O4Si/c1-2-3-4-5-6-10-14(11-7,12-8)13-9/h2-6H2,1H3. The van der Waals surface area contributed by atoms with E-state index in [9.17, 15) is 0 Å². The van der Waals surface area contributed by atoms with Crippen molar-refractivity contribution >= 4 is 44.6 Å². The first kappa shape index (κ1) is 14.9. The lowest BCUT2D eigenvalue weighted by Crippen LogP contribution is -2.42. The second kappa shape index (κ2) is 9.17. The van der Waals surface area contributed by atoms with Gasteiger partial charge >= 0.3 is 9.05 Å². The summed E-state index contributed by atoms with van der Waals surface area (Å²) in [7, 11) is -3.48. The van der Waals surface area contributed by atoms with Crippen molar-refractivity contribution < 1.29 is 16.4 Å². The van der Waals surface area contributed by atoms with Crippen LogP contribution in [0.1, 0.15) is 32.6 Å². The van der Waals surface area contributed by atoms with Gasteiger partial charge in [0.05, 0.1) is 35.6 Å². The van der Waals surface area contributed by atoms with E-state index in [1.807, 2.05) is 0 Å². The highest BCUT2D eigenvalue weighted by atomic mass is 35.5. The van der Waals surface area contributed by atoms with Gasteiger partial charge in [-0.25, -0.2) is 11.9 Å². The molecule has 0 saturated carbocycles. The smallest absolute Gasteiger partial charge is 0.349 e. The van der Waals surface area contributed by atoms with Crippen molar-refractivity contribution in [2.24, 2.45) is 0 Å². The van der Waals surface area contributed by atoms with Gasteiger partial charge in [-0.2, -0.15) is 0 Å². The van der Waals surface area contributed by atoms with Crippen LogP contribution in [0.4, 0.5) is 0 Å². The van der Waals surface area contributed by atoms with Crippen molar-refractivity contribution in [3.63, 3.8) is 0 Å². The van der Waals surface area contributed by atoms with Crippen LogP contribution in [-0.4, -0.2) is 15.7 Å². The molecule has 0 aliphatic rings. The quantitative estimate of drug-likeness (QED) is 0.479. The number of unbranched alkanes of at least 4 members (excludes halogenated alkanes) is 3. The molecule has 0 bridgehead atoms. The van der Waals surface area contributed by atoms with Gasteiger partial charge in [-0.15, -0.1) is 0 Å². The van der Waals surface area contributed by atoms with Gasteiger partial charge in [-0.05, 0) is 6.42 Å². The third-order valence-electron chi connectivity index (χ3n) is 1.56. The van der Waals surface area contributed by atoms with Crippen molar-refractivity contribution in [3.05, 3.63) is 0 Å². The van der Waals surface area contributed by atoms with Gasteiger partial charge in [0.15, 0.2) is 0 Å². The van der Waals surface area contributed by atoms with Gasteiger partial charge in [0, 0.05) is 6.61 Å². The van der Waals surface area contributed by atoms with Gasteiger partial charge in [-0.3, -0.25) is 0 Å². The Morgan fingerprint density at radius 1 is 0.929 bits per heavy atom. The van der Waals surface area contributed by atoms with E-state index in [4.69, 9.17) is 40.0 Å². The Labute approximate surface area is 100 Å². The van der Waals surface area contributed by atoms with Crippen molar-refractivity contribution in [1.29, 1.82) is 0 Å². The van der Waals surface area contributed by atoms with E-state index in [2.05, 4.69) is 18.9 Å². The molecule has 0 aromatic heterocycles. The molecule has 0 N–H and O–H groups in total. The summed E-state index contributed by atoms with van der Waals surface area (Å²) < 4.78 is 18.1. The van der Waals surface area contributed by atoms with Gasteiger partial charge in [0.25, 0.3) is 0 Å². The molecule has 0 aliphatic carbocycles. The molecule has 8 heteroatoms. The van der Waals surface area contributed by atoms with Gasteiger partial charge in [0.1, 0.15) is 0 Å². The third kappa shape index (κ3) is 5.72. The lowest BCUT2D eigenvalue weighted by Gasteiger charge is -2.17. The minimum absolute atomic E-state index is 0.387. The van der Waals surface area contributed by atoms with Crippen LogP contribution in [0.15, 0.2) is 0 Å². The predicted molar refractivity (Wildman–Crippen MR) is 56.7 cm³/mol. The van der Waals surface area contributed by atoms with Crippen molar-refractivity contribution in [2.75, 3.05) is 6.61 Å². The molecule has 0 heterocycles. The highest BCUT2D eigenvalue weighted by Gasteiger charge is 2.47. The minimum Gasteiger partial charge on any atom is -0.349 e. The molecule has 0 fully saturated rings. The first-order chi connectivity index (χ1) is 6.74. The van der Waals surface area contributed by atoms with Gasteiger partial charge < -0.3 is 4.43 Å². The van der Waals surface area contributed by atoms with Gasteiger partial charge in [-0.1, -0.05) is 26.2 Å². The zero-order valence-electron chi connectivity index (χ0n) is 7.80. The first-order valence-corrected chi connectivity index (χ1v) is 6.83.